The molecule has 0 fully saturated rings. The maximum atomic E-state index is 12.3. The fraction of sp³-hybridized carbons (Fsp3) is 0.667. The molecule has 1 amide bonds. The topological polar surface area (TPSA) is 84.1 Å². The minimum atomic E-state index is -0.493. The molecular weight excluding hydrogens is 270 g/mol. The number of nitrogens with one attached hydrogen (secondary N) is 2. The number of aromatic amines is 1. The molecule has 0 saturated carbocycles. The van der Waals surface area contributed by atoms with Crippen molar-refractivity contribution >= 4 is 11.9 Å². The van der Waals surface area contributed by atoms with Crippen molar-refractivity contribution < 1.29 is 14.3 Å². The number of rotatable bonds is 3. The third kappa shape index (κ3) is 4.31. The van der Waals surface area contributed by atoms with Crippen LogP contribution in [0.1, 0.15) is 63.5 Å². The van der Waals surface area contributed by atoms with Gasteiger partial charge >= 0.3 is 5.97 Å². The Kier molecular flexibility index (Phi) is 4.81. The van der Waals surface area contributed by atoms with Gasteiger partial charge in [0.2, 0.25) is 0 Å². The smallest absolute Gasteiger partial charge is 0.325 e. The van der Waals surface area contributed by atoms with E-state index >= 15 is 0 Å². The molecule has 0 radical (unpaired) electrons. The molecule has 1 rings (SSSR count). The predicted octanol–water partition coefficient (Wildman–Crippen LogP) is 1.91. The molecule has 0 saturated heterocycles. The van der Waals surface area contributed by atoms with Crippen molar-refractivity contribution in [3.05, 3.63) is 17.2 Å². The summed E-state index contributed by atoms with van der Waals surface area (Å²) in [6.45, 7) is 11.9. The Morgan fingerprint density at radius 2 is 1.71 bits per heavy atom. The van der Waals surface area contributed by atoms with E-state index in [1.807, 2.05) is 41.5 Å². The van der Waals surface area contributed by atoms with Gasteiger partial charge in [0.15, 0.2) is 0 Å². The molecule has 0 aliphatic rings. The first-order valence-electron chi connectivity index (χ1n) is 6.92. The molecule has 0 unspecified atom stereocenters. The summed E-state index contributed by atoms with van der Waals surface area (Å²) in [5, 5.41) is 2.53. The van der Waals surface area contributed by atoms with Crippen molar-refractivity contribution in [3.63, 3.8) is 0 Å². The zero-order valence-corrected chi connectivity index (χ0v) is 13.9. The number of methoxy groups -OCH3 is 1. The van der Waals surface area contributed by atoms with Crippen LogP contribution in [0.5, 0.6) is 0 Å². The SMILES string of the molecule is COC(=O)CNC(=O)c1nc(C(C)(C)C)[nH]c1C(C)(C)C. The van der Waals surface area contributed by atoms with Crippen LogP contribution in [0.25, 0.3) is 0 Å². The summed E-state index contributed by atoms with van der Waals surface area (Å²) in [5.41, 5.74) is 0.640. The number of esters is 1. The normalized spacial score (nSPS) is 12.1. The molecule has 0 aromatic carbocycles. The third-order valence-electron chi connectivity index (χ3n) is 3.00. The maximum absolute atomic E-state index is 12.3. The highest BCUT2D eigenvalue weighted by Gasteiger charge is 2.29. The Morgan fingerprint density at radius 3 is 2.14 bits per heavy atom. The van der Waals surface area contributed by atoms with Crippen molar-refractivity contribution in [1.29, 1.82) is 0 Å². The standard InChI is InChI=1S/C15H25N3O3/c1-14(2,3)11-10(12(20)16-8-9(19)21-7)17-13(18-11)15(4,5)6/h8H2,1-7H3,(H,16,20)(H,17,18). The van der Waals surface area contributed by atoms with Gasteiger partial charge in [-0.15, -0.1) is 0 Å². The van der Waals surface area contributed by atoms with Crippen molar-refractivity contribution in [2.45, 2.75) is 52.4 Å². The second kappa shape index (κ2) is 5.87. The Labute approximate surface area is 125 Å². The van der Waals surface area contributed by atoms with E-state index in [0.717, 1.165) is 11.5 Å². The Bertz CT molecular complexity index is 533. The summed E-state index contributed by atoms with van der Waals surface area (Å²) in [7, 11) is 1.28. The summed E-state index contributed by atoms with van der Waals surface area (Å²) < 4.78 is 4.51. The first-order valence-corrected chi connectivity index (χ1v) is 6.92. The summed E-state index contributed by atoms with van der Waals surface area (Å²) in [4.78, 5) is 31.1. The van der Waals surface area contributed by atoms with Crippen molar-refractivity contribution in [2.24, 2.45) is 0 Å². The highest BCUT2D eigenvalue weighted by molar-refractivity contribution is 5.95. The number of ether oxygens (including phenoxy) is 1. The molecular formula is C15H25N3O3. The van der Waals surface area contributed by atoms with E-state index in [2.05, 4.69) is 20.0 Å². The summed E-state index contributed by atoms with van der Waals surface area (Å²) >= 11 is 0. The molecule has 2 N–H and O–H groups in total. The lowest BCUT2D eigenvalue weighted by molar-refractivity contribution is -0.139. The summed E-state index contributed by atoms with van der Waals surface area (Å²) in [6.07, 6.45) is 0. The molecule has 6 heteroatoms. The number of nitrogens with zero attached hydrogens (tertiary/aromatic N) is 1. The van der Waals surface area contributed by atoms with Crippen LogP contribution in [0.4, 0.5) is 0 Å². The van der Waals surface area contributed by atoms with E-state index in [1.54, 1.807) is 0 Å². The number of amides is 1. The number of hydrogen-bond acceptors (Lipinski definition) is 4. The van der Waals surface area contributed by atoms with Gasteiger partial charge in [-0.2, -0.15) is 0 Å². The van der Waals surface area contributed by atoms with E-state index in [1.165, 1.54) is 7.11 Å². The predicted molar refractivity (Wildman–Crippen MR) is 80.3 cm³/mol. The van der Waals surface area contributed by atoms with Crippen LogP contribution in [0.3, 0.4) is 0 Å². The summed E-state index contributed by atoms with van der Waals surface area (Å²) in [6, 6.07) is 0. The van der Waals surface area contributed by atoms with Crippen LogP contribution < -0.4 is 5.32 Å². The second-order valence-electron chi connectivity index (χ2n) is 7.07. The van der Waals surface area contributed by atoms with E-state index < -0.39 is 5.97 Å². The van der Waals surface area contributed by atoms with Gasteiger partial charge < -0.3 is 15.0 Å². The second-order valence-corrected chi connectivity index (χ2v) is 7.07. The Balaban J connectivity index is 3.12. The molecule has 21 heavy (non-hydrogen) atoms. The van der Waals surface area contributed by atoms with Gasteiger partial charge in [0.1, 0.15) is 18.1 Å². The zero-order valence-electron chi connectivity index (χ0n) is 13.9. The van der Waals surface area contributed by atoms with Gasteiger partial charge in [-0.1, -0.05) is 41.5 Å². The van der Waals surface area contributed by atoms with Crippen LogP contribution in [0.15, 0.2) is 0 Å². The molecule has 0 atom stereocenters. The minimum Gasteiger partial charge on any atom is -0.468 e. The lowest BCUT2D eigenvalue weighted by Gasteiger charge is -2.19. The van der Waals surface area contributed by atoms with Gasteiger partial charge in [-0.3, -0.25) is 9.59 Å². The number of aromatic nitrogens is 2. The first kappa shape index (κ1) is 17.2. The van der Waals surface area contributed by atoms with Gasteiger partial charge in [0.05, 0.1) is 12.8 Å². The fourth-order valence-corrected chi connectivity index (χ4v) is 1.74. The number of imidazole rings is 1. The molecule has 6 nitrogen and oxygen atoms in total. The van der Waals surface area contributed by atoms with Gasteiger partial charge in [0, 0.05) is 10.8 Å². The molecule has 1 heterocycles. The highest BCUT2D eigenvalue weighted by Crippen LogP contribution is 2.28. The van der Waals surface area contributed by atoms with Crippen molar-refractivity contribution in [2.75, 3.05) is 13.7 Å². The lowest BCUT2D eigenvalue weighted by atomic mass is 9.90. The van der Waals surface area contributed by atoms with Crippen LogP contribution in [0.2, 0.25) is 0 Å². The number of H-pyrrole nitrogens is 1. The van der Waals surface area contributed by atoms with E-state index in [-0.39, 0.29) is 23.3 Å². The first-order chi connectivity index (χ1) is 9.46. The Hall–Kier alpha value is -1.85. The van der Waals surface area contributed by atoms with Gasteiger partial charge in [0.25, 0.3) is 5.91 Å². The number of hydrogen-bond donors (Lipinski definition) is 2. The van der Waals surface area contributed by atoms with E-state index in [4.69, 9.17) is 0 Å². The maximum Gasteiger partial charge on any atom is 0.325 e. The van der Waals surface area contributed by atoms with Crippen molar-refractivity contribution in [1.82, 2.24) is 15.3 Å². The highest BCUT2D eigenvalue weighted by atomic mass is 16.5. The molecule has 118 valence electrons. The van der Waals surface area contributed by atoms with Crippen LogP contribution in [-0.4, -0.2) is 35.5 Å². The average Bonchev–Trinajstić information content (AvgIpc) is 2.80. The van der Waals surface area contributed by atoms with E-state index in [9.17, 15) is 9.59 Å². The summed E-state index contributed by atoms with van der Waals surface area (Å²) in [5.74, 6) is -0.125. The lowest BCUT2D eigenvalue weighted by Crippen LogP contribution is -2.32. The fourth-order valence-electron chi connectivity index (χ4n) is 1.74. The largest absolute Gasteiger partial charge is 0.468 e. The van der Waals surface area contributed by atoms with Gasteiger partial charge in [-0.05, 0) is 0 Å². The minimum absolute atomic E-state index is 0.170. The molecule has 0 aliphatic heterocycles. The van der Waals surface area contributed by atoms with E-state index in [0.29, 0.717) is 5.69 Å². The monoisotopic (exact) mass is 295 g/mol. The van der Waals surface area contributed by atoms with Gasteiger partial charge in [-0.25, -0.2) is 4.98 Å². The van der Waals surface area contributed by atoms with Crippen LogP contribution in [-0.2, 0) is 20.4 Å². The zero-order chi connectivity index (χ0) is 16.4. The van der Waals surface area contributed by atoms with Crippen molar-refractivity contribution in [3.8, 4) is 0 Å². The molecule has 1 aromatic heterocycles. The molecule has 0 spiro atoms. The number of carbonyl (C=O) groups is 2. The molecule has 0 aliphatic carbocycles. The molecule has 1 aromatic rings. The third-order valence-corrected chi connectivity index (χ3v) is 3.00. The average molecular weight is 295 g/mol. The molecule has 0 bridgehead atoms. The van der Waals surface area contributed by atoms with Crippen LogP contribution in [0, 0.1) is 0 Å². The Morgan fingerprint density at radius 1 is 1.14 bits per heavy atom. The number of carbonyl (C=O) groups excluding carboxylic acids is 2. The quantitative estimate of drug-likeness (QED) is 0.834. The van der Waals surface area contributed by atoms with Crippen LogP contribution >= 0.6 is 0 Å².